The number of carboxylic acid groups (broad SMARTS) is 1. The van der Waals surface area contributed by atoms with Gasteiger partial charge in [-0.2, -0.15) is 0 Å². The van der Waals surface area contributed by atoms with E-state index in [0.29, 0.717) is 0 Å². The third-order valence-corrected chi connectivity index (χ3v) is 1.49. The van der Waals surface area contributed by atoms with Gasteiger partial charge >= 0.3 is 12.0 Å². The van der Waals surface area contributed by atoms with Gasteiger partial charge in [0.05, 0.1) is 0 Å². The maximum absolute atomic E-state index is 11.0. The van der Waals surface area contributed by atoms with Gasteiger partial charge in [0.25, 0.3) is 0 Å². The lowest BCUT2D eigenvalue weighted by Crippen LogP contribution is -2.50. The number of hydrogen-bond acceptors (Lipinski definition) is 3. The lowest BCUT2D eigenvalue weighted by atomic mass is 10.3. The van der Waals surface area contributed by atoms with Crippen LogP contribution < -0.4 is 16.4 Å². The maximum atomic E-state index is 11.0. The summed E-state index contributed by atoms with van der Waals surface area (Å²) in [5.74, 6) is -1.85. The van der Waals surface area contributed by atoms with Crippen LogP contribution in [0.1, 0.15) is 13.8 Å². The molecule has 0 aromatic heterocycles. The summed E-state index contributed by atoms with van der Waals surface area (Å²) in [6.07, 6.45) is 0. The molecule has 7 nitrogen and oxygen atoms in total. The molecule has 0 aliphatic rings. The number of urea groups is 1. The molecule has 0 saturated carbocycles. The molecule has 0 heterocycles. The summed E-state index contributed by atoms with van der Waals surface area (Å²) in [6.45, 7) is 2.70. The molecular weight excluding hydrogens is 190 g/mol. The van der Waals surface area contributed by atoms with Crippen molar-refractivity contribution in [3.8, 4) is 0 Å². The van der Waals surface area contributed by atoms with E-state index in [1.54, 1.807) is 0 Å². The van der Waals surface area contributed by atoms with Crippen LogP contribution in [0.4, 0.5) is 4.79 Å². The predicted octanol–water partition coefficient (Wildman–Crippen LogP) is -1.37. The number of aliphatic carboxylic acids is 1. The standard InChI is InChI=1S/C7H13N3O4/c1-3(5(8)11)9-7(14)10-4(2)6(12)13/h3-4H,1-2H3,(H2,8,11)(H,12,13)(H2,9,10,14). The van der Waals surface area contributed by atoms with Gasteiger partial charge in [0.2, 0.25) is 5.91 Å². The third-order valence-electron chi connectivity index (χ3n) is 1.49. The fourth-order valence-electron chi connectivity index (χ4n) is 0.568. The SMILES string of the molecule is CC(NC(=O)NC(C)C(=O)O)C(N)=O. The van der Waals surface area contributed by atoms with E-state index in [1.165, 1.54) is 13.8 Å². The number of carboxylic acids is 1. The van der Waals surface area contributed by atoms with Crippen LogP contribution >= 0.6 is 0 Å². The van der Waals surface area contributed by atoms with Gasteiger partial charge in [-0.1, -0.05) is 0 Å². The first-order valence-corrected chi connectivity index (χ1v) is 3.93. The lowest BCUT2D eigenvalue weighted by molar-refractivity contribution is -0.138. The summed E-state index contributed by atoms with van der Waals surface area (Å²) in [7, 11) is 0. The van der Waals surface area contributed by atoms with Gasteiger partial charge in [0, 0.05) is 0 Å². The van der Waals surface area contributed by atoms with Crippen molar-refractivity contribution in [2.24, 2.45) is 5.73 Å². The molecule has 14 heavy (non-hydrogen) atoms. The van der Waals surface area contributed by atoms with Gasteiger partial charge in [-0.3, -0.25) is 9.59 Å². The summed E-state index contributed by atoms with van der Waals surface area (Å²) in [5.41, 5.74) is 4.88. The Bertz CT molecular complexity index is 229. The summed E-state index contributed by atoms with van der Waals surface area (Å²) in [5, 5.41) is 12.7. The first-order chi connectivity index (χ1) is 6.34. The smallest absolute Gasteiger partial charge is 0.325 e. The van der Waals surface area contributed by atoms with E-state index in [1.807, 2.05) is 0 Å². The van der Waals surface area contributed by atoms with Gasteiger partial charge in [-0.15, -0.1) is 0 Å². The Morgan fingerprint density at radius 2 is 1.57 bits per heavy atom. The van der Waals surface area contributed by atoms with Crippen molar-refractivity contribution >= 4 is 17.9 Å². The Morgan fingerprint density at radius 1 is 1.14 bits per heavy atom. The van der Waals surface area contributed by atoms with Crippen LogP contribution in [-0.2, 0) is 9.59 Å². The summed E-state index contributed by atoms with van der Waals surface area (Å²) in [6, 6.07) is -2.60. The van der Waals surface area contributed by atoms with Crippen molar-refractivity contribution < 1.29 is 19.5 Å². The topological polar surface area (TPSA) is 122 Å². The first kappa shape index (κ1) is 12.2. The Balaban J connectivity index is 3.99. The van der Waals surface area contributed by atoms with Gasteiger partial charge in [0.15, 0.2) is 0 Å². The van der Waals surface area contributed by atoms with E-state index in [4.69, 9.17) is 10.8 Å². The second kappa shape index (κ2) is 5.05. The maximum Gasteiger partial charge on any atom is 0.325 e. The minimum atomic E-state index is -1.16. The van der Waals surface area contributed by atoms with Crippen LogP contribution in [0.2, 0.25) is 0 Å². The van der Waals surface area contributed by atoms with E-state index in [0.717, 1.165) is 0 Å². The van der Waals surface area contributed by atoms with Crippen LogP contribution in [0.5, 0.6) is 0 Å². The number of nitrogens with one attached hydrogen (secondary N) is 2. The van der Waals surface area contributed by atoms with Gasteiger partial charge < -0.3 is 21.5 Å². The molecule has 5 N–H and O–H groups in total. The fraction of sp³-hybridized carbons (Fsp3) is 0.571. The molecule has 0 aliphatic heterocycles. The second-order valence-electron chi connectivity index (χ2n) is 2.80. The number of amides is 3. The van der Waals surface area contributed by atoms with Crippen molar-refractivity contribution in [3.05, 3.63) is 0 Å². The summed E-state index contributed by atoms with van der Waals surface area (Å²) in [4.78, 5) is 31.8. The molecule has 80 valence electrons. The highest BCUT2D eigenvalue weighted by atomic mass is 16.4. The molecule has 0 aromatic carbocycles. The second-order valence-corrected chi connectivity index (χ2v) is 2.80. The van der Waals surface area contributed by atoms with Crippen LogP contribution in [0.15, 0.2) is 0 Å². The Kier molecular flexibility index (Phi) is 4.41. The van der Waals surface area contributed by atoms with E-state index in [-0.39, 0.29) is 0 Å². The average Bonchev–Trinajstić information content (AvgIpc) is 2.03. The van der Waals surface area contributed by atoms with Crippen molar-refractivity contribution in [2.45, 2.75) is 25.9 Å². The fourth-order valence-corrected chi connectivity index (χ4v) is 0.568. The number of carbonyl (C=O) groups excluding carboxylic acids is 2. The number of nitrogens with two attached hydrogens (primary N) is 1. The molecule has 0 bridgehead atoms. The third kappa shape index (κ3) is 4.29. The van der Waals surface area contributed by atoms with E-state index in [2.05, 4.69) is 10.6 Å². The Hall–Kier alpha value is -1.79. The number of rotatable bonds is 4. The average molecular weight is 203 g/mol. The highest BCUT2D eigenvalue weighted by molar-refractivity contribution is 5.87. The van der Waals surface area contributed by atoms with E-state index >= 15 is 0 Å². The number of hydrogen-bond donors (Lipinski definition) is 4. The van der Waals surface area contributed by atoms with Crippen molar-refractivity contribution in [1.82, 2.24) is 10.6 Å². The van der Waals surface area contributed by atoms with E-state index < -0.39 is 30.0 Å². The summed E-state index contributed by atoms with van der Waals surface area (Å²) < 4.78 is 0. The Morgan fingerprint density at radius 3 is 1.93 bits per heavy atom. The van der Waals surface area contributed by atoms with Crippen molar-refractivity contribution in [2.75, 3.05) is 0 Å². The van der Waals surface area contributed by atoms with Gasteiger partial charge in [0.1, 0.15) is 12.1 Å². The molecule has 0 aliphatic carbocycles. The highest BCUT2D eigenvalue weighted by Gasteiger charge is 2.16. The quantitative estimate of drug-likeness (QED) is 0.450. The van der Waals surface area contributed by atoms with Crippen LogP contribution in [0, 0.1) is 0 Å². The minimum absolute atomic E-state index is 0.692. The van der Waals surface area contributed by atoms with Crippen molar-refractivity contribution in [3.63, 3.8) is 0 Å². The van der Waals surface area contributed by atoms with Gasteiger partial charge in [-0.25, -0.2) is 4.79 Å². The zero-order valence-corrected chi connectivity index (χ0v) is 7.90. The lowest BCUT2D eigenvalue weighted by Gasteiger charge is -2.13. The molecule has 7 heteroatoms. The monoisotopic (exact) mass is 203 g/mol. The molecule has 2 unspecified atom stereocenters. The molecule has 0 rings (SSSR count). The van der Waals surface area contributed by atoms with Crippen LogP contribution in [0.25, 0.3) is 0 Å². The molecule has 0 spiro atoms. The van der Waals surface area contributed by atoms with Crippen LogP contribution in [0.3, 0.4) is 0 Å². The molecule has 2 atom stereocenters. The van der Waals surface area contributed by atoms with E-state index in [9.17, 15) is 14.4 Å². The largest absolute Gasteiger partial charge is 0.480 e. The summed E-state index contributed by atoms with van der Waals surface area (Å²) >= 11 is 0. The molecule has 0 saturated heterocycles. The minimum Gasteiger partial charge on any atom is -0.480 e. The zero-order chi connectivity index (χ0) is 11.3. The predicted molar refractivity (Wildman–Crippen MR) is 47.4 cm³/mol. The normalized spacial score (nSPS) is 13.9. The van der Waals surface area contributed by atoms with Crippen LogP contribution in [-0.4, -0.2) is 35.1 Å². The zero-order valence-electron chi connectivity index (χ0n) is 7.90. The highest BCUT2D eigenvalue weighted by Crippen LogP contribution is 1.83. The molecule has 3 amide bonds. The van der Waals surface area contributed by atoms with Crippen molar-refractivity contribution in [1.29, 1.82) is 0 Å². The molecular formula is C7H13N3O4. The van der Waals surface area contributed by atoms with Gasteiger partial charge in [-0.05, 0) is 13.8 Å². The number of primary amides is 1. The Labute approximate surface area is 80.6 Å². The first-order valence-electron chi connectivity index (χ1n) is 3.93. The molecule has 0 radical (unpaired) electrons. The molecule has 0 aromatic rings. The molecule has 0 fully saturated rings. The number of carbonyl (C=O) groups is 3.